The predicted octanol–water partition coefficient (Wildman–Crippen LogP) is 5.21. The van der Waals surface area contributed by atoms with E-state index in [9.17, 15) is 36.0 Å². The lowest BCUT2D eigenvalue weighted by Gasteiger charge is -2.26. The molecule has 0 radical (unpaired) electrons. The molecule has 3 N–H and O–H groups in total. The number of fused-ring (bicyclic) bond motifs is 5. The smallest absolute Gasteiger partial charge is 0.416 e. The lowest BCUT2D eigenvalue weighted by Crippen LogP contribution is -2.57. The Bertz CT molecular complexity index is 2270. The molecule has 0 unspecified atom stereocenters. The van der Waals surface area contributed by atoms with Crippen LogP contribution in [-0.4, -0.2) is 77.2 Å². The number of amides is 4. The average molecular weight is 767 g/mol. The van der Waals surface area contributed by atoms with E-state index in [2.05, 4.69) is 25.3 Å². The van der Waals surface area contributed by atoms with Crippen molar-refractivity contribution < 1.29 is 45.1 Å². The molecule has 4 amide bonds. The van der Waals surface area contributed by atoms with Gasteiger partial charge in [-0.3, -0.25) is 14.3 Å². The molecule has 0 bridgehead atoms. The summed E-state index contributed by atoms with van der Waals surface area (Å²) in [5.41, 5.74) is -1.06. The Kier molecular flexibility index (Phi) is 9.01. The van der Waals surface area contributed by atoms with Gasteiger partial charge < -0.3 is 24.7 Å². The minimum Gasteiger partial charge on any atom is -0.470 e. The number of hydrogen-bond donors (Lipinski definition) is 3. The number of hydrogen-bond acceptors (Lipinski definition) is 9. The molecule has 2 aromatic heterocycles. The van der Waals surface area contributed by atoms with Crippen molar-refractivity contribution in [2.24, 2.45) is 5.92 Å². The number of rotatable bonds is 6. The molecule has 2 aliphatic carbocycles. The fraction of sp³-hybridized carbons (Fsp3) is 0.432. The van der Waals surface area contributed by atoms with Crippen molar-refractivity contribution in [1.82, 2.24) is 30.2 Å². The van der Waals surface area contributed by atoms with E-state index in [0.717, 1.165) is 31.4 Å². The van der Waals surface area contributed by atoms with Crippen molar-refractivity contribution in [2.45, 2.75) is 80.5 Å². The van der Waals surface area contributed by atoms with Gasteiger partial charge in [0.15, 0.2) is 5.82 Å². The van der Waals surface area contributed by atoms with E-state index in [-0.39, 0.29) is 42.2 Å². The molecule has 2 saturated carbocycles. The lowest BCUT2D eigenvalue weighted by atomic mass is 10.1. The highest BCUT2D eigenvalue weighted by atomic mass is 32.2. The summed E-state index contributed by atoms with van der Waals surface area (Å²) in [6.45, 7) is 0.304. The molecule has 8 rings (SSSR count). The van der Waals surface area contributed by atoms with Gasteiger partial charge >= 0.3 is 12.2 Å². The van der Waals surface area contributed by atoms with Crippen molar-refractivity contribution in [3.63, 3.8) is 0 Å². The molecule has 3 fully saturated rings. The maximum Gasteiger partial charge on any atom is 0.416 e. The summed E-state index contributed by atoms with van der Waals surface area (Å²) in [5, 5.41) is 5.67. The van der Waals surface area contributed by atoms with Crippen molar-refractivity contribution in [3.8, 4) is 17.3 Å². The number of ether oxygens (including phenoxy) is 1. The fourth-order valence-electron chi connectivity index (χ4n) is 7.18. The van der Waals surface area contributed by atoms with Crippen LogP contribution >= 0.6 is 0 Å². The van der Waals surface area contributed by atoms with Crippen LogP contribution in [-0.2, 0) is 25.8 Å². The highest BCUT2D eigenvalue weighted by molar-refractivity contribution is 7.91. The van der Waals surface area contributed by atoms with E-state index in [1.54, 1.807) is 24.3 Å². The van der Waals surface area contributed by atoms with Gasteiger partial charge in [0, 0.05) is 29.8 Å². The molecule has 4 atom stereocenters. The largest absolute Gasteiger partial charge is 0.470 e. The monoisotopic (exact) mass is 766 g/mol. The standard InChI is InChI=1S/C37H37F3N6O7S/c38-37(39,40)22-13-11-21(12-14-22)31-42-29-26-9-5-6-10-28(26)53-30(29)33(43-31)52-24-18-27-32(47)44-36(34(48)45-54(50,51)25-15-16-25)19-23(36)8-4-2-1-3-7-17-41-35(49)46(27)20-24/h4-6,8-14,23-25,27H,1-3,7,15-20H2,(H,41,49)(H,44,47)(H,45,48)/b8-4-/t23-,24-,27+,36-/m1/s1. The Balaban J connectivity index is 1.11. The van der Waals surface area contributed by atoms with Gasteiger partial charge in [0.05, 0.1) is 17.4 Å². The first-order chi connectivity index (χ1) is 25.8. The number of nitrogens with one attached hydrogen (secondary N) is 3. The molecular weight excluding hydrogens is 730 g/mol. The zero-order chi connectivity index (χ0) is 37.8. The number of halogens is 3. The summed E-state index contributed by atoms with van der Waals surface area (Å²) in [7, 11) is -3.90. The zero-order valence-electron chi connectivity index (χ0n) is 28.9. The average Bonchev–Trinajstić information content (AvgIpc) is 4.04. The fourth-order valence-corrected chi connectivity index (χ4v) is 8.55. The minimum atomic E-state index is -4.54. The first kappa shape index (κ1) is 35.8. The molecule has 4 aromatic rings. The van der Waals surface area contributed by atoms with E-state index in [0.29, 0.717) is 42.3 Å². The second-order valence-electron chi connectivity index (χ2n) is 14.3. The molecule has 284 valence electrons. The van der Waals surface area contributed by atoms with Gasteiger partial charge in [-0.2, -0.15) is 18.2 Å². The number of allylic oxidation sites excluding steroid dienone is 1. The molecule has 0 spiro atoms. The summed E-state index contributed by atoms with van der Waals surface area (Å²) in [6.07, 6.45) is 2.59. The maximum absolute atomic E-state index is 14.1. The van der Waals surface area contributed by atoms with Crippen LogP contribution in [0.15, 0.2) is 65.1 Å². The molecule has 17 heteroatoms. The number of alkyl halides is 3. The normalized spacial score (nSPS) is 25.8. The number of benzene rings is 2. The van der Waals surface area contributed by atoms with E-state index >= 15 is 0 Å². The number of aromatic nitrogens is 2. The molecule has 13 nitrogen and oxygen atoms in total. The number of urea groups is 1. The number of furan rings is 1. The molecule has 4 aliphatic rings. The number of para-hydroxylation sites is 1. The van der Waals surface area contributed by atoms with Gasteiger partial charge in [0.2, 0.25) is 21.5 Å². The van der Waals surface area contributed by atoms with Gasteiger partial charge in [-0.1, -0.05) is 42.8 Å². The van der Waals surface area contributed by atoms with Gasteiger partial charge in [-0.25, -0.2) is 18.2 Å². The topological polar surface area (TPSA) is 173 Å². The number of sulfonamides is 1. The van der Waals surface area contributed by atoms with Crippen LogP contribution in [0.5, 0.6) is 5.88 Å². The van der Waals surface area contributed by atoms with E-state index in [4.69, 9.17) is 9.15 Å². The summed E-state index contributed by atoms with van der Waals surface area (Å²) < 4.78 is 80.2. The first-order valence-electron chi connectivity index (χ1n) is 18.0. The second-order valence-corrected chi connectivity index (χ2v) is 16.3. The summed E-state index contributed by atoms with van der Waals surface area (Å²) in [4.78, 5) is 51.8. The SMILES string of the molecule is O=C1N[C@]2(C(=O)NS(=O)(=O)C3CC3)C[C@H]2/C=C\CCCCCNC(=O)N2C[C@H](Oc3nc(-c4ccc(C(F)(F)F)cc4)nc4c3oc3ccccc34)C[C@@H]12. The predicted molar refractivity (Wildman–Crippen MR) is 189 cm³/mol. The van der Waals surface area contributed by atoms with Crippen LogP contribution in [0.2, 0.25) is 0 Å². The van der Waals surface area contributed by atoms with Crippen LogP contribution in [0.25, 0.3) is 33.5 Å². The van der Waals surface area contributed by atoms with Crippen LogP contribution in [0.1, 0.15) is 56.9 Å². The molecule has 1 saturated heterocycles. The van der Waals surface area contributed by atoms with Gasteiger partial charge in [-0.05, 0) is 62.8 Å². The third-order valence-corrected chi connectivity index (χ3v) is 12.2. The maximum atomic E-state index is 14.1. The Morgan fingerprint density at radius 3 is 2.57 bits per heavy atom. The van der Waals surface area contributed by atoms with E-state index in [1.807, 2.05) is 12.2 Å². The highest BCUT2D eigenvalue weighted by Gasteiger charge is 2.62. The Morgan fingerprint density at radius 2 is 1.81 bits per heavy atom. The Morgan fingerprint density at radius 1 is 1.04 bits per heavy atom. The number of carbonyl (C=O) groups is 3. The quantitative estimate of drug-likeness (QED) is 0.223. The number of nitrogens with zero attached hydrogens (tertiary/aromatic N) is 3. The van der Waals surface area contributed by atoms with Crippen LogP contribution < -0.4 is 20.1 Å². The lowest BCUT2D eigenvalue weighted by molar-refractivity contribution is -0.137. The van der Waals surface area contributed by atoms with Gasteiger partial charge in [-0.15, -0.1) is 0 Å². The van der Waals surface area contributed by atoms with Crippen LogP contribution in [0, 0.1) is 5.92 Å². The molecule has 4 heterocycles. The Labute approximate surface area is 307 Å². The summed E-state index contributed by atoms with van der Waals surface area (Å²) >= 11 is 0. The summed E-state index contributed by atoms with van der Waals surface area (Å²) in [5.74, 6) is -1.87. The summed E-state index contributed by atoms with van der Waals surface area (Å²) in [6, 6.07) is 9.82. The van der Waals surface area contributed by atoms with Crippen molar-refractivity contribution in [2.75, 3.05) is 13.1 Å². The third-order valence-electron chi connectivity index (χ3n) is 10.4. The van der Waals surface area contributed by atoms with Crippen molar-refractivity contribution >= 4 is 49.9 Å². The first-order valence-corrected chi connectivity index (χ1v) is 19.5. The highest BCUT2D eigenvalue weighted by Crippen LogP contribution is 2.46. The van der Waals surface area contributed by atoms with Gasteiger partial charge in [0.25, 0.3) is 11.8 Å². The van der Waals surface area contributed by atoms with Crippen molar-refractivity contribution in [3.05, 3.63) is 66.2 Å². The third kappa shape index (κ3) is 6.96. The van der Waals surface area contributed by atoms with Gasteiger partial charge in [0.1, 0.15) is 28.8 Å². The Hall–Kier alpha value is -5.19. The second kappa shape index (κ2) is 13.6. The number of carbonyl (C=O) groups excluding carboxylic acids is 3. The molecular formula is C37H37F3N6O7S. The van der Waals surface area contributed by atoms with E-state index in [1.165, 1.54) is 17.0 Å². The molecule has 2 aliphatic heterocycles. The zero-order valence-corrected chi connectivity index (χ0v) is 29.7. The minimum absolute atomic E-state index is 0.0286. The van der Waals surface area contributed by atoms with E-state index < -0.39 is 68.5 Å². The molecule has 2 aromatic carbocycles. The van der Waals surface area contributed by atoms with Crippen LogP contribution in [0.3, 0.4) is 0 Å². The van der Waals surface area contributed by atoms with Crippen LogP contribution in [0.4, 0.5) is 18.0 Å². The molecule has 54 heavy (non-hydrogen) atoms. The van der Waals surface area contributed by atoms with Crippen molar-refractivity contribution in [1.29, 1.82) is 0 Å².